The third-order valence-corrected chi connectivity index (χ3v) is 5.44. The predicted molar refractivity (Wildman–Crippen MR) is 79.4 cm³/mol. The van der Waals surface area contributed by atoms with E-state index < -0.39 is 10.0 Å². The molecule has 0 unspecified atom stereocenters. The van der Waals surface area contributed by atoms with Crippen molar-refractivity contribution in [1.29, 1.82) is 0 Å². The van der Waals surface area contributed by atoms with Crippen molar-refractivity contribution in [3.63, 3.8) is 0 Å². The third kappa shape index (κ3) is 3.94. The summed E-state index contributed by atoms with van der Waals surface area (Å²) in [5.41, 5.74) is 6.17. The van der Waals surface area contributed by atoms with Crippen LogP contribution in [-0.4, -0.2) is 25.8 Å². The maximum absolute atomic E-state index is 12.5. The first-order valence-electron chi connectivity index (χ1n) is 6.81. The van der Waals surface area contributed by atoms with E-state index in [1.165, 1.54) is 0 Å². The molecule has 0 aromatic heterocycles. The molecule has 0 heterocycles. The summed E-state index contributed by atoms with van der Waals surface area (Å²) < 4.78 is 26.6. The standard InChI is InChI=1S/C14H24N2O2S/c1-4-12(5-2)11-16(6-3)19(17,18)14-9-7-13(15)8-10-14/h7-10,12H,4-6,11,15H2,1-3H3. The molecule has 4 nitrogen and oxygen atoms in total. The van der Waals surface area contributed by atoms with Crippen molar-refractivity contribution < 1.29 is 8.42 Å². The number of anilines is 1. The van der Waals surface area contributed by atoms with Crippen LogP contribution in [0.25, 0.3) is 0 Å². The van der Waals surface area contributed by atoms with Gasteiger partial charge in [0.05, 0.1) is 4.90 Å². The Bertz CT molecular complexity index is 479. The molecule has 0 saturated heterocycles. The molecule has 0 spiro atoms. The number of rotatable bonds is 7. The first kappa shape index (κ1) is 16.0. The van der Waals surface area contributed by atoms with E-state index in [1.54, 1.807) is 28.6 Å². The van der Waals surface area contributed by atoms with Gasteiger partial charge in [-0.3, -0.25) is 0 Å². The smallest absolute Gasteiger partial charge is 0.243 e. The van der Waals surface area contributed by atoms with Crippen LogP contribution in [0.5, 0.6) is 0 Å². The summed E-state index contributed by atoms with van der Waals surface area (Å²) >= 11 is 0. The van der Waals surface area contributed by atoms with Crippen molar-refractivity contribution in [1.82, 2.24) is 4.31 Å². The minimum atomic E-state index is -3.41. The van der Waals surface area contributed by atoms with Gasteiger partial charge >= 0.3 is 0 Å². The van der Waals surface area contributed by atoms with E-state index in [0.717, 1.165) is 12.8 Å². The Morgan fingerprint density at radius 3 is 2.05 bits per heavy atom. The molecule has 19 heavy (non-hydrogen) atoms. The van der Waals surface area contributed by atoms with Crippen molar-refractivity contribution in [3.8, 4) is 0 Å². The molecule has 5 heteroatoms. The molecular formula is C14H24N2O2S. The van der Waals surface area contributed by atoms with Crippen LogP contribution in [0, 0.1) is 5.92 Å². The topological polar surface area (TPSA) is 63.4 Å². The Balaban J connectivity index is 2.98. The maximum atomic E-state index is 12.5. The van der Waals surface area contributed by atoms with Gasteiger partial charge in [-0.1, -0.05) is 33.6 Å². The highest BCUT2D eigenvalue weighted by atomic mass is 32.2. The molecule has 1 aromatic rings. The van der Waals surface area contributed by atoms with E-state index in [-0.39, 0.29) is 0 Å². The van der Waals surface area contributed by atoms with E-state index >= 15 is 0 Å². The van der Waals surface area contributed by atoms with Gasteiger partial charge in [0, 0.05) is 18.8 Å². The predicted octanol–water partition coefficient (Wildman–Crippen LogP) is 2.72. The zero-order valence-electron chi connectivity index (χ0n) is 12.0. The number of hydrogen-bond donors (Lipinski definition) is 1. The lowest BCUT2D eigenvalue weighted by atomic mass is 10.0. The highest BCUT2D eigenvalue weighted by Gasteiger charge is 2.24. The molecule has 0 aliphatic carbocycles. The van der Waals surface area contributed by atoms with Gasteiger partial charge in [-0.05, 0) is 30.2 Å². The van der Waals surface area contributed by atoms with Crippen molar-refractivity contribution >= 4 is 15.7 Å². The molecule has 0 fully saturated rings. The Kier molecular flexibility index (Phi) is 5.82. The Morgan fingerprint density at radius 1 is 1.11 bits per heavy atom. The van der Waals surface area contributed by atoms with Crippen LogP contribution in [0.2, 0.25) is 0 Å². The van der Waals surface area contributed by atoms with Crippen LogP contribution < -0.4 is 5.73 Å². The number of nitrogen functional groups attached to an aromatic ring is 1. The fourth-order valence-electron chi connectivity index (χ4n) is 2.02. The van der Waals surface area contributed by atoms with E-state index in [9.17, 15) is 8.42 Å². The largest absolute Gasteiger partial charge is 0.399 e. The zero-order chi connectivity index (χ0) is 14.5. The Morgan fingerprint density at radius 2 is 1.63 bits per heavy atom. The number of nitrogens with zero attached hydrogens (tertiary/aromatic N) is 1. The summed E-state index contributed by atoms with van der Waals surface area (Å²) in [6.45, 7) is 7.13. The molecule has 1 rings (SSSR count). The molecule has 0 aliphatic rings. The summed E-state index contributed by atoms with van der Waals surface area (Å²) in [6.07, 6.45) is 1.98. The van der Waals surface area contributed by atoms with E-state index in [2.05, 4.69) is 13.8 Å². The second-order valence-corrected chi connectivity index (χ2v) is 6.65. The number of benzene rings is 1. The number of nitrogens with two attached hydrogens (primary N) is 1. The van der Waals surface area contributed by atoms with E-state index in [0.29, 0.717) is 29.6 Å². The van der Waals surface area contributed by atoms with Gasteiger partial charge in [-0.25, -0.2) is 8.42 Å². The van der Waals surface area contributed by atoms with Gasteiger partial charge in [0.25, 0.3) is 0 Å². The Labute approximate surface area is 116 Å². The highest BCUT2D eigenvalue weighted by Crippen LogP contribution is 2.20. The number of hydrogen-bond acceptors (Lipinski definition) is 3. The molecule has 108 valence electrons. The summed E-state index contributed by atoms with van der Waals surface area (Å²) in [6, 6.07) is 6.39. The normalized spacial score (nSPS) is 12.3. The molecule has 2 N–H and O–H groups in total. The van der Waals surface area contributed by atoms with Crippen molar-refractivity contribution in [2.24, 2.45) is 5.92 Å². The summed E-state index contributed by atoms with van der Waals surface area (Å²) in [4.78, 5) is 0.314. The SMILES string of the molecule is CCC(CC)CN(CC)S(=O)(=O)c1ccc(N)cc1. The molecule has 0 atom stereocenters. The highest BCUT2D eigenvalue weighted by molar-refractivity contribution is 7.89. The molecule has 0 bridgehead atoms. The third-order valence-electron chi connectivity index (χ3n) is 3.49. The molecule has 0 saturated carbocycles. The van der Waals surface area contributed by atoms with Gasteiger partial charge in [-0.2, -0.15) is 4.31 Å². The van der Waals surface area contributed by atoms with Crippen LogP contribution in [0.4, 0.5) is 5.69 Å². The first-order valence-corrected chi connectivity index (χ1v) is 8.25. The molecule has 0 radical (unpaired) electrons. The maximum Gasteiger partial charge on any atom is 0.243 e. The zero-order valence-corrected chi connectivity index (χ0v) is 12.8. The van der Waals surface area contributed by atoms with E-state index in [1.807, 2.05) is 6.92 Å². The van der Waals surface area contributed by atoms with Gasteiger partial charge in [-0.15, -0.1) is 0 Å². The monoisotopic (exact) mass is 284 g/mol. The van der Waals surface area contributed by atoms with Gasteiger partial charge in [0.1, 0.15) is 0 Å². The molecular weight excluding hydrogens is 260 g/mol. The molecule has 1 aromatic carbocycles. The molecule has 0 aliphatic heterocycles. The summed E-state index contributed by atoms with van der Waals surface area (Å²) in [5, 5.41) is 0. The lowest BCUT2D eigenvalue weighted by Crippen LogP contribution is -2.35. The van der Waals surface area contributed by atoms with Crippen LogP contribution in [-0.2, 0) is 10.0 Å². The average molecular weight is 284 g/mol. The first-order chi connectivity index (χ1) is 8.95. The van der Waals surface area contributed by atoms with Crippen molar-refractivity contribution in [3.05, 3.63) is 24.3 Å². The lowest BCUT2D eigenvalue weighted by molar-refractivity contribution is 0.339. The number of sulfonamides is 1. The quantitative estimate of drug-likeness (QED) is 0.783. The van der Waals surface area contributed by atoms with Gasteiger partial charge in [0.2, 0.25) is 10.0 Å². The molecule has 0 amide bonds. The minimum Gasteiger partial charge on any atom is -0.399 e. The lowest BCUT2D eigenvalue weighted by Gasteiger charge is -2.24. The minimum absolute atomic E-state index is 0.314. The van der Waals surface area contributed by atoms with Crippen LogP contribution in [0.1, 0.15) is 33.6 Å². The van der Waals surface area contributed by atoms with Gasteiger partial charge < -0.3 is 5.73 Å². The second-order valence-electron chi connectivity index (χ2n) is 4.71. The summed E-state index contributed by atoms with van der Waals surface area (Å²) in [7, 11) is -3.41. The van der Waals surface area contributed by atoms with Gasteiger partial charge in [0.15, 0.2) is 0 Å². The van der Waals surface area contributed by atoms with Crippen LogP contribution >= 0.6 is 0 Å². The van der Waals surface area contributed by atoms with Crippen molar-refractivity contribution in [2.45, 2.75) is 38.5 Å². The average Bonchev–Trinajstić information content (AvgIpc) is 2.40. The summed E-state index contributed by atoms with van der Waals surface area (Å²) in [5.74, 6) is 0.406. The van der Waals surface area contributed by atoms with Crippen LogP contribution in [0.15, 0.2) is 29.2 Å². The van der Waals surface area contributed by atoms with E-state index in [4.69, 9.17) is 5.73 Å². The second kappa shape index (κ2) is 6.91. The Hall–Kier alpha value is -1.07. The van der Waals surface area contributed by atoms with Crippen molar-refractivity contribution in [2.75, 3.05) is 18.8 Å². The van der Waals surface area contributed by atoms with Crippen LogP contribution in [0.3, 0.4) is 0 Å². The fraction of sp³-hybridized carbons (Fsp3) is 0.571. The fourth-order valence-corrected chi connectivity index (χ4v) is 3.55.